The molecule has 1 unspecified atom stereocenters. The Kier molecular flexibility index (Phi) is 5.87. The smallest absolute Gasteiger partial charge is 0.210 e. The van der Waals surface area contributed by atoms with Crippen molar-refractivity contribution >= 4 is 0 Å². The summed E-state index contributed by atoms with van der Waals surface area (Å²) in [6, 6.07) is 8.23. The lowest BCUT2D eigenvalue weighted by molar-refractivity contribution is 0.217. The number of ether oxygens (including phenoxy) is 1. The third-order valence-electron chi connectivity index (χ3n) is 5.94. The van der Waals surface area contributed by atoms with E-state index in [1.807, 2.05) is 24.5 Å². The first-order valence-electron chi connectivity index (χ1n) is 10.2. The molecule has 2 fully saturated rings. The quantitative estimate of drug-likeness (QED) is 0.742. The zero-order valence-corrected chi connectivity index (χ0v) is 15.8. The maximum Gasteiger partial charge on any atom is 0.210 e. The third-order valence-corrected chi connectivity index (χ3v) is 5.94. The zero-order chi connectivity index (χ0) is 18.5. The predicted octanol–water partition coefficient (Wildman–Crippen LogP) is 3.83. The monoisotopic (exact) mass is 367 g/mol. The molecule has 0 radical (unpaired) electrons. The fourth-order valence-corrected chi connectivity index (χ4v) is 4.23. The van der Waals surface area contributed by atoms with Gasteiger partial charge in [-0.05, 0) is 68.7 Å². The first kappa shape index (κ1) is 18.2. The van der Waals surface area contributed by atoms with Crippen LogP contribution in [0.15, 0.2) is 36.7 Å². The molecule has 0 amide bonds. The summed E-state index contributed by atoms with van der Waals surface area (Å²) in [6.07, 6.45) is 12.1. The Labute approximate surface area is 161 Å². The molecule has 1 aliphatic carbocycles. The van der Waals surface area contributed by atoms with E-state index >= 15 is 0 Å². The van der Waals surface area contributed by atoms with Crippen molar-refractivity contribution in [2.75, 3.05) is 13.2 Å². The Morgan fingerprint density at radius 2 is 2.11 bits per heavy atom. The highest BCUT2D eigenvalue weighted by Crippen LogP contribution is 2.40. The topological polar surface area (TPSA) is 67.3 Å². The molecule has 27 heavy (non-hydrogen) atoms. The second-order valence-corrected chi connectivity index (χ2v) is 7.97. The van der Waals surface area contributed by atoms with Crippen LogP contribution in [0.4, 0.5) is 0 Å². The van der Waals surface area contributed by atoms with Gasteiger partial charge in [0.1, 0.15) is 12.4 Å². The number of aromatic hydroxyl groups is 1. The van der Waals surface area contributed by atoms with E-state index in [9.17, 15) is 5.11 Å². The van der Waals surface area contributed by atoms with Gasteiger partial charge in [0, 0.05) is 29.9 Å². The minimum Gasteiger partial charge on any atom is -0.493 e. The lowest BCUT2D eigenvalue weighted by atomic mass is 9.96. The number of pyridine rings is 2. The molecule has 2 aliphatic rings. The van der Waals surface area contributed by atoms with Crippen LogP contribution in [0.3, 0.4) is 0 Å². The molecule has 1 saturated heterocycles. The number of nitrogens with one attached hydrogen (secondary N) is 1. The minimum atomic E-state index is 0.138. The first-order chi connectivity index (χ1) is 13.3. The van der Waals surface area contributed by atoms with E-state index in [2.05, 4.69) is 21.4 Å². The Morgan fingerprint density at radius 1 is 1.19 bits per heavy atom. The summed E-state index contributed by atoms with van der Waals surface area (Å²) in [5.41, 5.74) is 2.31. The number of hydrogen-bond acceptors (Lipinski definition) is 5. The standard InChI is InChI=1S/C22H29N3O2/c26-22-6-2-5-21(25-22)18-8-7-16(11-18)3-1-4-17-12-20(14-23-13-17)27-15-19-9-10-24-19/h2,5-6,12-14,16,18-19,24H,1,3-4,7-11,15H2,(H,25,26)/t16?,18-,19+/m1/s1. The van der Waals surface area contributed by atoms with Gasteiger partial charge in [-0.1, -0.05) is 12.5 Å². The Morgan fingerprint density at radius 3 is 2.93 bits per heavy atom. The van der Waals surface area contributed by atoms with Crippen LogP contribution in [0.1, 0.15) is 55.7 Å². The average molecular weight is 367 g/mol. The average Bonchev–Trinajstić information content (AvgIpc) is 3.10. The summed E-state index contributed by atoms with van der Waals surface area (Å²) in [5, 5.41) is 12.9. The molecule has 3 atom stereocenters. The molecule has 2 aromatic heterocycles. The minimum absolute atomic E-state index is 0.138. The summed E-state index contributed by atoms with van der Waals surface area (Å²) < 4.78 is 5.85. The Hall–Kier alpha value is -2.14. The van der Waals surface area contributed by atoms with Gasteiger partial charge in [0.25, 0.3) is 0 Å². The van der Waals surface area contributed by atoms with Gasteiger partial charge in [0.15, 0.2) is 0 Å². The normalized spacial score (nSPS) is 24.5. The number of rotatable bonds is 8. The van der Waals surface area contributed by atoms with Crippen LogP contribution in [-0.2, 0) is 6.42 Å². The molecular weight excluding hydrogens is 338 g/mol. The molecule has 5 heteroatoms. The molecule has 5 nitrogen and oxygen atoms in total. The molecule has 0 bridgehead atoms. The summed E-state index contributed by atoms with van der Waals surface area (Å²) >= 11 is 0. The molecule has 144 valence electrons. The molecule has 2 aromatic rings. The summed E-state index contributed by atoms with van der Waals surface area (Å²) in [6.45, 7) is 1.84. The van der Waals surface area contributed by atoms with Crippen LogP contribution in [-0.4, -0.2) is 34.3 Å². The fraction of sp³-hybridized carbons (Fsp3) is 0.545. The van der Waals surface area contributed by atoms with Gasteiger partial charge in [-0.2, -0.15) is 0 Å². The Bertz CT molecular complexity index is 748. The predicted molar refractivity (Wildman–Crippen MR) is 105 cm³/mol. The van der Waals surface area contributed by atoms with E-state index in [0.29, 0.717) is 12.0 Å². The maximum atomic E-state index is 9.58. The van der Waals surface area contributed by atoms with Gasteiger partial charge in [-0.3, -0.25) is 4.98 Å². The van der Waals surface area contributed by atoms with Crippen LogP contribution < -0.4 is 10.1 Å². The molecular formula is C22H29N3O2. The summed E-state index contributed by atoms with van der Waals surface area (Å²) in [7, 11) is 0. The highest BCUT2D eigenvalue weighted by atomic mass is 16.5. The van der Waals surface area contributed by atoms with Gasteiger partial charge in [0.2, 0.25) is 5.88 Å². The van der Waals surface area contributed by atoms with E-state index in [1.165, 1.54) is 44.1 Å². The maximum absolute atomic E-state index is 9.58. The van der Waals surface area contributed by atoms with E-state index in [1.54, 1.807) is 6.07 Å². The van der Waals surface area contributed by atoms with Crippen LogP contribution in [0.2, 0.25) is 0 Å². The number of aryl methyl sites for hydroxylation is 1. The highest BCUT2D eigenvalue weighted by Gasteiger charge is 2.26. The lowest BCUT2D eigenvalue weighted by Crippen LogP contribution is -2.46. The number of nitrogens with zero attached hydrogens (tertiary/aromatic N) is 2. The molecule has 4 rings (SSSR count). The third kappa shape index (κ3) is 4.98. The largest absolute Gasteiger partial charge is 0.493 e. The molecule has 0 spiro atoms. The SMILES string of the molecule is Oc1cccc([C@@H]2CCC(CCCc3cncc(OC[C@@H]4CCN4)c3)C2)n1. The number of hydrogen-bond donors (Lipinski definition) is 2. The molecule has 1 aliphatic heterocycles. The van der Waals surface area contributed by atoms with Gasteiger partial charge in [-0.25, -0.2) is 4.98 Å². The van der Waals surface area contributed by atoms with Crippen molar-refractivity contribution in [2.45, 2.75) is 56.9 Å². The van der Waals surface area contributed by atoms with E-state index in [4.69, 9.17) is 4.74 Å². The van der Waals surface area contributed by atoms with Gasteiger partial charge >= 0.3 is 0 Å². The van der Waals surface area contributed by atoms with E-state index < -0.39 is 0 Å². The van der Waals surface area contributed by atoms with Crippen molar-refractivity contribution in [3.8, 4) is 11.6 Å². The van der Waals surface area contributed by atoms with Crippen LogP contribution in [0, 0.1) is 5.92 Å². The Balaban J connectivity index is 1.21. The molecule has 3 heterocycles. The molecule has 0 aromatic carbocycles. The highest BCUT2D eigenvalue weighted by molar-refractivity contribution is 5.24. The summed E-state index contributed by atoms with van der Waals surface area (Å²) in [5.74, 6) is 2.28. The van der Waals surface area contributed by atoms with Gasteiger partial charge in [-0.15, -0.1) is 0 Å². The summed E-state index contributed by atoms with van der Waals surface area (Å²) in [4.78, 5) is 8.64. The van der Waals surface area contributed by atoms with Crippen LogP contribution in [0.25, 0.3) is 0 Å². The van der Waals surface area contributed by atoms with E-state index in [-0.39, 0.29) is 5.88 Å². The van der Waals surface area contributed by atoms with Crippen LogP contribution in [0.5, 0.6) is 11.6 Å². The second-order valence-electron chi connectivity index (χ2n) is 7.97. The first-order valence-corrected chi connectivity index (χ1v) is 10.2. The van der Waals surface area contributed by atoms with Gasteiger partial charge < -0.3 is 15.2 Å². The van der Waals surface area contributed by atoms with Crippen molar-refractivity contribution in [3.63, 3.8) is 0 Å². The van der Waals surface area contributed by atoms with E-state index in [0.717, 1.165) is 36.9 Å². The second kappa shape index (κ2) is 8.70. The molecule has 1 saturated carbocycles. The lowest BCUT2D eigenvalue weighted by Gasteiger charge is -2.27. The van der Waals surface area contributed by atoms with Crippen molar-refractivity contribution < 1.29 is 9.84 Å². The fourth-order valence-electron chi connectivity index (χ4n) is 4.23. The van der Waals surface area contributed by atoms with Crippen molar-refractivity contribution in [1.29, 1.82) is 0 Å². The number of aromatic nitrogens is 2. The van der Waals surface area contributed by atoms with Crippen molar-refractivity contribution in [3.05, 3.63) is 47.9 Å². The van der Waals surface area contributed by atoms with Crippen LogP contribution >= 0.6 is 0 Å². The van der Waals surface area contributed by atoms with Crippen molar-refractivity contribution in [1.82, 2.24) is 15.3 Å². The van der Waals surface area contributed by atoms with Crippen molar-refractivity contribution in [2.24, 2.45) is 5.92 Å². The zero-order valence-electron chi connectivity index (χ0n) is 15.8. The van der Waals surface area contributed by atoms with Gasteiger partial charge in [0.05, 0.1) is 6.20 Å². The molecule has 2 N–H and O–H groups in total.